The summed E-state index contributed by atoms with van der Waals surface area (Å²) >= 11 is 7.85. The highest BCUT2D eigenvalue weighted by Crippen LogP contribution is 2.39. The van der Waals surface area contributed by atoms with Crippen LogP contribution in [-0.2, 0) is 17.6 Å². The van der Waals surface area contributed by atoms with Crippen LogP contribution in [0.5, 0.6) is 0 Å². The SMILES string of the molecule is Cc1c(Cl)cccc1NC(=O)/C(C#N)=C\c1cc(C)n(-c2sc3c(c2C(=O)Nc2ccccc2)CCCC3)c1C. The first-order chi connectivity index (χ1) is 19.3. The summed E-state index contributed by atoms with van der Waals surface area (Å²) in [7, 11) is 0. The summed E-state index contributed by atoms with van der Waals surface area (Å²) in [5.41, 5.74) is 6.36. The number of nitrogens with zero attached hydrogens (tertiary/aromatic N) is 2. The second kappa shape index (κ2) is 11.5. The van der Waals surface area contributed by atoms with Crippen LogP contribution in [0.4, 0.5) is 11.4 Å². The van der Waals surface area contributed by atoms with Gasteiger partial charge in [0.2, 0.25) is 0 Å². The average Bonchev–Trinajstić information content (AvgIpc) is 3.46. The van der Waals surface area contributed by atoms with Crippen LogP contribution in [0.15, 0.2) is 60.2 Å². The molecule has 8 heteroatoms. The van der Waals surface area contributed by atoms with Crippen LogP contribution in [0.25, 0.3) is 11.1 Å². The molecule has 0 fully saturated rings. The van der Waals surface area contributed by atoms with Gasteiger partial charge in [-0.15, -0.1) is 11.3 Å². The van der Waals surface area contributed by atoms with Crippen molar-refractivity contribution in [2.24, 2.45) is 0 Å². The van der Waals surface area contributed by atoms with E-state index in [0.717, 1.165) is 64.4 Å². The maximum atomic E-state index is 13.7. The molecular formula is C32H29ClN4O2S. The number of fused-ring (bicyclic) bond motifs is 1. The number of hydrogen-bond donors (Lipinski definition) is 2. The fraction of sp³-hybridized carbons (Fsp3) is 0.219. The molecular weight excluding hydrogens is 540 g/mol. The Morgan fingerprint density at radius 1 is 1.02 bits per heavy atom. The molecule has 0 bridgehead atoms. The van der Waals surface area contributed by atoms with Crippen molar-refractivity contribution in [3.05, 3.63) is 104 Å². The van der Waals surface area contributed by atoms with Gasteiger partial charge in [0.15, 0.2) is 0 Å². The second-order valence-corrected chi connectivity index (χ2v) is 11.4. The molecule has 0 unspecified atom stereocenters. The van der Waals surface area contributed by atoms with Gasteiger partial charge >= 0.3 is 0 Å². The lowest BCUT2D eigenvalue weighted by molar-refractivity contribution is -0.112. The number of carbonyl (C=O) groups is 2. The third-order valence-corrected chi connectivity index (χ3v) is 8.95. The summed E-state index contributed by atoms with van der Waals surface area (Å²) < 4.78 is 2.07. The molecule has 2 N–H and O–H groups in total. The highest BCUT2D eigenvalue weighted by molar-refractivity contribution is 7.15. The van der Waals surface area contributed by atoms with Crippen LogP contribution in [0.3, 0.4) is 0 Å². The Bertz CT molecular complexity index is 1690. The number of anilines is 2. The number of benzene rings is 2. The summed E-state index contributed by atoms with van der Waals surface area (Å²) in [6, 6.07) is 18.7. The highest BCUT2D eigenvalue weighted by Gasteiger charge is 2.28. The Hall–Kier alpha value is -4.12. The summed E-state index contributed by atoms with van der Waals surface area (Å²) in [6.07, 6.45) is 5.60. The largest absolute Gasteiger partial charge is 0.322 e. The van der Waals surface area contributed by atoms with E-state index in [0.29, 0.717) is 16.3 Å². The predicted molar refractivity (Wildman–Crippen MR) is 163 cm³/mol. The Morgan fingerprint density at radius 2 is 1.77 bits per heavy atom. The first-order valence-corrected chi connectivity index (χ1v) is 14.4. The lowest BCUT2D eigenvalue weighted by Gasteiger charge is -2.14. The van der Waals surface area contributed by atoms with E-state index in [9.17, 15) is 14.9 Å². The van der Waals surface area contributed by atoms with Gasteiger partial charge in [0.05, 0.1) is 5.56 Å². The van der Waals surface area contributed by atoms with Crippen LogP contribution in [-0.4, -0.2) is 16.4 Å². The topological polar surface area (TPSA) is 86.9 Å². The van der Waals surface area contributed by atoms with Crippen LogP contribution in [0, 0.1) is 32.1 Å². The van der Waals surface area contributed by atoms with E-state index in [1.165, 1.54) is 4.88 Å². The van der Waals surface area contributed by atoms with E-state index in [1.54, 1.807) is 35.6 Å². The highest BCUT2D eigenvalue weighted by atomic mass is 35.5. The summed E-state index contributed by atoms with van der Waals surface area (Å²) in [6.45, 7) is 5.74. The van der Waals surface area contributed by atoms with Gasteiger partial charge in [-0.25, -0.2) is 0 Å². The molecule has 4 aromatic rings. The third kappa shape index (κ3) is 5.33. The molecule has 6 nitrogen and oxygen atoms in total. The summed E-state index contributed by atoms with van der Waals surface area (Å²) in [5, 5.41) is 17.1. The average molecular weight is 569 g/mol. The number of thiophene rings is 1. The van der Waals surface area contributed by atoms with Crippen LogP contribution < -0.4 is 10.6 Å². The molecule has 2 aromatic heterocycles. The van der Waals surface area contributed by atoms with Crippen molar-refractivity contribution in [3.63, 3.8) is 0 Å². The monoisotopic (exact) mass is 568 g/mol. The molecule has 2 amide bonds. The minimum absolute atomic E-state index is 0.0212. The Morgan fingerprint density at radius 3 is 2.52 bits per heavy atom. The molecule has 0 spiro atoms. The zero-order valence-electron chi connectivity index (χ0n) is 22.6. The van der Waals surface area contributed by atoms with E-state index in [-0.39, 0.29) is 11.5 Å². The van der Waals surface area contributed by atoms with Crippen molar-refractivity contribution < 1.29 is 9.59 Å². The molecule has 0 saturated heterocycles. The number of nitriles is 1. The molecule has 40 heavy (non-hydrogen) atoms. The van der Waals surface area contributed by atoms with Crippen molar-refractivity contribution in [2.45, 2.75) is 46.5 Å². The lowest BCUT2D eigenvalue weighted by Crippen LogP contribution is -2.17. The maximum Gasteiger partial charge on any atom is 0.266 e. The molecule has 0 radical (unpaired) electrons. The number of nitrogens with one attached hydrogen (secondary N) is 2. The van der Waals surface area contributed by atoms with Crippen molar-refractivity contribution in [2.75, 3.05) is 10.6 Å². The number of aromatic nitrogens is 1. The molecule has 2 aromatic carbocycles. The molecule has 0 aliphatic heterocycles. The van der Waals surface area contributed by atoms with E-state index >= 15 is 0 Å². The fourth-order valence-electron chi connectivity index (χ4n) is 5.14. The maximum absolute atomic E-state index is 13.7. The standard InChI is InChI=1S/C32H29ClN4O2S/c1-19-16-22(17-23(18-34)30(38)36-27-14-9-13-26(33)20(27)2)21(3)37(19)32-29(25-12-7-8-15-28(25)40-32)31(39)35-24-10-5-4-6-11-24/h4-6,9-11,13-14,16-17H,7-8,12,15H2,1-3H3,(H,35,39)(H,36,38)/b23-17-. The normalized spacial score (nSPS) is 12.9. The van der Waals surface area contributed by atoms with E-state index in [1.807, 2.05) is 63.2 Å². The predicted octanol–water partition coefficient (Wildman–Crippen LogP) is 7.79. The van der Waals surface area contributed by atoms with E-state index in [2.05, 4.69) is 15.2 Å². The van der Waals surface area contributed by atoms with Gasteiger partial charge < -0.3 is 15.2 Å². The molecule has 1 aliphatic carbocycles. The molecule has 202 valence electrons. The van der Waals surface area contributed by atoms with Crippen LogP contribution >= 0.6 is 22.9 Å². The van der Waals surface area contributed by atoms with Gasteiger partial charge in [0, 0.05) is 32.7 Å². The van der Waals surface area contributed by atoms with E-state index in [4.69, 9.17) is 11.6 Å². The van der Waals surface area contributed by atoms with Gasteiger partial charge in [-0.2, -0.15) is 5.26 Å². The number of rotatable bonds is 6. The molecule has 2 heterocycles. The molecule has 0 atom stereocenters. The number of halogens is 1. The quantitative estimate of drug-likeness (QED) is 0.184. The van der Waals surface area contributed by atoms with Crippen molar-refractivity contribution >= 4 is 52.2 Å². The molecule has 0 saturated carbocycles. The van der Waals surface area contributed by atoms with Gasteiger partial charge in [-0.1, -0.05) is 35.9 Å². The Labute approximate surface area is 242 Å². The smallest absolute Gasteiger partial charge is 0.266 e. The Balaban J connectivity index is 1.53. The third-order valence-electron chi connectivity index (χ3n) is 7.27. The van der Waals surface area contributed by atoms with Gasteiger partial charge in [-0.05, 0) is 99.6 Å². The number of amides is 2. The van der Waals surface area contributed by atoms with Crippen molar-refractivity contribution in [3.8, 4) is 11.1 Å². The summed E-state index contributed by atoms with van der Waals surface area (Å²) in [4.78, 5) is 28.0. The number of aryl methyl sites for hydroxylation is 2. The van der Waals surface area contributed by atoms with Gasteiger partial charge in [-0.3, -0.25) is 9.59 Å². The molecule has 5 rings (SSSR count). The first-order valence-electron chi connectivity index (χ1n) is 13.2. The Kier molecular flexibility index (Phi) is 7.92. The van der Waals surface area contributed by atoms with Gasteiger partial charge in [0.1, 0.15) is 16.6 Å². The number of para-hydroxylation sites is 1. The van der Waals surface area contributed by atoms with Crippen molar-refractivity contribution in [1.82, 2.24) is 4.57 Å². The zero-order chi connectivity index (χ0) is 28.4. The van der Waals surface area contributed by atoms with E-state index < -0.39 is 5.91 Å². The minimum atomic E-state index is -0.507. The van der Waals surface area contributed by atoms with Crippen LogP contribution in [0.2, 0.25) is 5.02 Å². The number of carbonyl (C=O) groups excluding carboxylic acids is 2. The summed E-state index contributed by atoms with van der Waals surface area (Å²) in [5.74, 6) is -0.633. The first kappa shape index (κ1) is 27.4. The minimum Gasteiger partial charge on any atom is -0.322 e. The molecule has 1 aliphatic rings. The van der Waals surface area contributed by atoms with Crippen LogP contribution in [0.1, 0.15) is 56.2 Å². The number of hydrogen-bond acceptors (Lipinski definition) is 4. The fourth-order valence-corrected chi connectivity index (χ4v) is 6.81. The van der Waals surface area contributed by atoms with Gasteiger partial charge in [0.25, 0.3) is 11.8 Å². The second-order valence-electron chi connectivity index (χ2n) is 9.91. The lowest BCUT2D eigenvalue weighted by atomic mass is 9.95. The van der Waals surface area contributed by atoms with Crippen molar-refractivity contribution in [1.29, 1.82) is 5.26 Å². The zero-order valence-corrected chi connectivity index (χ0v) is 24.2.